The standard InChI is InChI=1S/C55H107N2O7P/c1-7-10-13-16-19-22-25-26-27-28-29-30-33-35-38-41-44-47-54(58)56-52(51-63-65(60,61)62-50-49-57(4,5)6)53(46-43-40-37-34-31-23-20-17-14-11-8-2)64-55(59)48-45-42-39-36-32-24-21-18-15-12-9-3/h26-27,43,46,52-53H,7-25,28-42,44-45,47-51H2,1-6H3,(H-,56,58,60,61)/p+1/b27-26+,46-43-. The number of rotatable bonds is 50. The number of ether oxygens (including phenoxy) is 1. The molecule has 2 N–H and O–H groups in total. The summed E-state index contributed by atoms with van der Waals surface area (Å²) in [7, 11) is 1.50. The molecule has 0 rings (SSSR count). The molecule has 0 aliphatic heterocycles. The quantitative estimate of drug-likeness (QED) is 0.0205. The summed E-state index contributed by atoms with van der Waals surface area (Å²) in [5.41, 5.74) is 0. The minimum Gasteiger partial charge on any atom is -0.456 e. The van der Waals surface area contributed by atoms with Gasteiger partial charge in [-0.05, 0) is 57.4 Å². The Hall–Kier alpha value is -1.51. The number of quaternary nitrogens is 1. The van der Waals surface area contributed by atoms with Crippen LogP contribution < -0.4 is 5.32 Å². The third-order valence-electron chi connectivity index (χ3n) is 12.4. The van der Waals surface area contributed by atoms with Gasteiger partial charge in [0.05, 0.1) is 33.8 Å². The second-order valence-electron chi connectivity index (χ2n) is 20.1. The zero-order chi connectivity index (χ0) is 48.0. The highest BCUT2D eigenvalue weighted by Crippen LogP contribution is 2.43. The van der Waals surface area contributed by atoms with E-state index in [9.17, 15) is 19.0 Å². The summed E-state index contributed by atoms with van der Waals surface area (Å²) in [4.78, 5) is 37.4. The fourth-order valence-corrected chi connectivity index (χ4v) is 8.79. The predicted molar refractivity (Wildman–Crippen MR) is 277 cm³/mol. The third-order valence-corrected chi connectivity index (χ3v) is 13.4. The predicted octanol–water partition coefficient (Wildman–Crippen LogP) is 16.2. The van der Waals surface area contributed by atoms with E-state index in [1.807, 2.05) is 33.3 Å². The molecule has 0 bridgehead atoms. The number of likely N-dealkylation sites (N-methyl/N-ethyl adjacent to an activating group) is 1. The molecule has 0 heterocycles. The van der Waals surface area contributed by atoms with Crippen molar-refractivity contribution in [2.45, 2.75) is 277 Å². The van der Waals surface area contributed by atoms with E-state index in [-0.39, 0.29) is 25.1 Å². The first-order valence-electron chi connectivity index (χ1n) is 27.7. The zero-order valence-corrected chi connectivity index (χ0v) is 44.6. The molecule has 0 spiro atoms. The Morgan fingerprint density at radius 1 is 0.523 bits per heavy atom. The Bertz CT molecular complexity index is 1170. The molecule has 0 aromatic heterocycles. The lowest BCUT2D eigenvalue weighted by molar-refractivity contribution is -0.870. The normalized spacial score (nSPS) is 14.0. The number of hydrogen-bond donors (Lipinski definition) is 2. The summed E-state index contributed by atoms with van der Waals surface area (Å²) in [6.07, 6.45) is 51.7. The highest BCUT2D eigenvalue weighted by Gasteiger charge is 2.30. The molecule has 384 valence electrons. The number of esters is 1. The minimum absolute atomic E-state index is 0.0423. The third kappa shape index (κ3) is 47.4. The fraction of sp³-hybridized carbons (Fsp3) is 0.891. The van der Waals surface area contributed by atoms with Gasteiger partial charge < -0.3 is 19.4 Å². The van der Waals surface area contributed by atoms with Crippen molar-refractivity contribution in [2.24, 2.45) is 0 Å². The number of unbranched alkanes of at least 4 members (excludes halogenated alkanes) is 32. The van der Waals surface area contributed by atoms with Crippen molar-refractivity contribution in [3.05, 3.63) is 24.3 Å². The Kier molecular flexibility index (Phi) is 45.2. The summed E-state index contributed by atoms with van der Waals surface area (Å²) in [6, 6.07) is -0.842. The number of phosphoric acid groups is 1. The molecule has 1 amide bonds. The highest BCUT2D eigenvalue weighted by molar-refractivity contribution is 7.47. The average molecular weight is 940 g/mol. The average Bonchev–Trinajstić information content (AvgIpc) is 3.26. The van der Waals surface area contributed by atoms with Crippen molar-refractivity contribution in [2.75, 3.05) is 40.9 Å². The van der Waals surface area contributed by atoms with Crippen LogP contribution in [0.5, 0.6) is 0 Å². The summed E-state index contributed by atoms with van der Waals surface area (Å²) in [5.74, 6) is -0.503. The van der Waals surface area contributed by atoms with Crippen LogP contribution in [0.25, 0.3) is 0 Å². The lowest BCUT2D eigenvalue weighted by Gasteiger charge is -2.27. The first-order valence-corrected chi connectivity index (χ1v) is 29.2. The number of nitrogens with zero attached hydrogens (tertiary/aromatic N) is 1. The van der Waals surface area contributed by atoms with Crippen LogP contribution in [0.4, 0.5) is 0 Å². The molecule has 0 radical (unpaired) electrons. The Balaban J connectivity index is 5.31. The summed E-state index contributed by atoms with van der Waals surface area (Å²) in [6.45, 7) is 7.00. The molecule has 3 unspecified atom stereocenters. The molecule has 0 aliphatic carbocycles. The van der Waals surface area contributed by atoms with Gasteiger partial charge in [0.2, 0.25) is 5.91 Å². The van der Waals surface area contributed by atoms with Gasteiger partial charge in [0.1, 0.15) is 19.3 Å². The number of carbonyl (C=O) groups excluding carboxylic acids is 2. The van der Waals surface area contributed by atoms with E-state index < -0.39 is 20.0 Å². The molecule has 3 atom stereocenters. The van der Waals surface area contributed by atoms with Gasteiger partial charge in [0, 0.05) is 12.8 Å². The number of hydrogen-bond acceptors (Lipinski definition) is 6. The molecular formula is C55H108N2O7P+. The van der Waals surface area contributed by atoms with Crippen LogP contribution >= 0.6 is 7.82 Å². The first-order chi connectivity index (χ1) is 31.4. The number of allylic oxidation sites excluding steroid dienone is 3. The monoisotopic (exact) mass is 940 g/mol. The molecule has 10 heteroatoms. The van der Waals surface area contributed by atoms with E-state index in [0.29, 0.717) is 23.9 Å². The molecule has 0 fully saturated rings. The maximum atomic E-state index is 13.5. The largest absolute Gasteiger partial charge is 0.472 e. The van der Waals surface area contributed by atoms with Crippen LogP contribution in [-0.2, 0) is 27.9 Å². The Morgan fingerprint density at radius 2 is 0.892 bits per heavy atom. The van der Waals surface area contributed by atoms with Crippen LogP contribution in [0.15, 0.2) is 24.3 Å². The number of amides is 1. The maximum absolute atomic E-state index is 13.5. The van der Waals surface area contributed by atoms with E-state index in [1.165, 1.54) is 173 Å². The summed E-state index contributed by atoms with van der Waals surface area (Å²) >= 11 is 0. The van der Waals surface area contributed by atoms with Gasteiger partial charge in [-0.15, -0.1) is 0 Å². The topological polar surface area (TPSA) is 111 Å². The summed E-state index contributed by atoms with van der Waals surface area (Å²) in [5, 5.41) is 3.04. The Morgan fingerprint density at radius 3 is 1.31 bits per heavy atom. The van der Waals surface area contributed by atoms with E-state index in [2.05, 4.69) is 38.2 Å². The van der Waals surface area contributed by atoms with Crippen molar-refractivity contribution >= 4 is 19.7 Å². The second-order valence-corrected chi connectivity index (χ2v) is 21.6. The van der Waals surface area contributed by atoms with E-state index in [4.69, 9.17) is 13.8 Å². The van der Waals surface area contributed by atoms with Crippen molar-refractivity contribution in [1.29, 1.82) is 0 Å². The molecule has 0 aromatic rings. The Labute approximate surface area is 403 Å². The summed E-state index contributed by atoms with van der Waals surface area (Å²) < 4.78 is 30.5. The number of carbonyl (C=O) groups is 2. The van der Waals surface area contributed by atoms with Crippen molar-refractivity contribution in [1.82, 2.24) is 5.32 Å². The maximum Gasteiger partial charge on any atom is 0.472 e. The zero-order valence-electron chi connectivity index (χ0n) is 43.7. The lowest BCUT2D eigenvalue weighted by Crippen LogP contribution is -2.47. The van der Waals surface area contributed by atoms with Gasteiger partial charge >= 0.3 is 13.8 Å². The first kappa shape index (κ1) is 63.5. The van der Waals surface area contributed by atoms with Crippen molar-refractivity contribution in [3.8, 4) is 0 Å². The highest BCUT2D eigenvalue weighted by atomic mass is 31.2. The fourth-order valence-electron chi connectivity index (χ4n) is 8.05. The minimum atomic E-state index is -4.43. The van der Waals surface area contributed by atoms with Crippen LogP contribution in [0, 0.1) is 0 Å². The van der Waals surface area contributed by atoms with Gasteiger partial charge in [-0.3, -0.25) is 18.6 Å². The molecule has 9 nitrogen and oxygen atoms in total. The van der Waals surface area contributed by atoms with E-state index in [0.717, 1.165) is 57.8 Å². The van der Waals surface area contributed by atoms with Gasteiger partial charge in [0.25, 0.3) is 0 Å². The molecule has 0 saturated carbocycles. The molecular weight excluding hydrogens is 832 g/mol. The van der Waals surface area contributed by atoms with Crippen LogP contribution in [0.2, 0.25) is 0 Å². The molecule has 0 saturated heterocycles. The molecule has 65 heavy (non-hydrogen) atoms. The van der Waals surface area contributed by atoms with Crippen molar-refractivity contribution in [3.63, 3.8) is 0 Å². The lowest BCUT2D eigenvalue weighted by atomic mass is 10.0. The van der Waals surface area contributed by atoms with Gasteiger partial charge in [-0.1, -0.05) is 219 Å². The van der Waals surface area contributed by atoms with Gasteiger partial charge in [-0.2, -0.15) is 0 Å². The smallest absolute Gasteiger partial charge is 0.456 e. The number of nitrogens with one attached hydrogen (secondary N) is 1. The SMILES string of the molecule is CCCCCCCC/C=C/CCCCCCCCCC(=O)NC(COP(=O)(O)OCC[N+](C)(C)C)C(/C=C\CCCCCCCCCCC)OC(=O)CCCCCCCCCCCCC. The van der Waals surface area contributed by atoms with Crippen molar-refractivity contribution < 1.29 is 37.3 Å². The van der Waals surface area contributed by atoms with E-state index in [1.54, 1.807) is 0 Å². The van der Waals surface area contributed by atoms with Crippen LogP contribution in [0.1, 0.15) is 265 Å². The van der Waals surface area contributed by atoms with Crippen LogP contribution in [0.3, 0.4) is 0 Å². The molecule has 0 aromatic carbocycles. The van der Waals surface area contributed by atoms with E-state index >= 15 is 0 Å². The number of phosphoric ester groups is 1. The van der Waals surface area contributed by atoms with Gasteiger partial charge in [-0.25, -0.2) is 4.57 Å². The van der Waals surface area contributed by atoms with Crippen LogP contribution in [-0.4, -0.2) is 74.3 Å². The van der Waals surface area contributed by atoms with Gasteiger partial charge in [0.15, 0.2) is 0 Å². The second kappa shape index (κ2) is 46.2. The molecule has 0 aliphatic rings.